The maximum Gasteiger partial charge on any atom is 0.337 e. The van der Waals surface area contributed by atoms with E-state index in [1.807, 2.05) is 0 Å². The second-order valence-corrected chi connectivity index (χ2v) is 10.2. The van der Waals surface area contributed by atoms with Gasteiger partial charge in [-0.2, -0.15) is 0 Å². The highest BCUT2D eigenvalue weighted by Crippen LogP contribution is 2.33. The molecule has 1 aromatic rings. The number of amides is 3. The number of carbonyl (C=O) groups excluding carboxylic acids is 4. The van der Waals surface area contributed by atoms with Gasteiger partial charge in [0, 0.05) is 6.04 Å². The van der Waals surface area contributed by atoms with Crippen molar-refractivity contribution in [1.82, 2.24) is 10.4 Å². The Balaban J connectivity index is 1.44. The molecule has 160 valence electrons. The van der Waals surface area contributed by atoms with Crippen LogP contribution in [0.2, 0.25) is 0 Å². The Hall–Kier alpha value is -2.75. The number of nitrogens with zero attached hydrogens (tertiary/aromatic N) is 1. The number of rotatable bonds is 4. The zero-order valence-electron chi connectivity index (χ0n) is 16.2. The standard InChI is InChI=1S/C20H22N2O7S/c23-17(21-12-9-10-30(27,28)11-12)13-5-1-4-8-16(13)20(26)29-22-18(24)14-6-2-3-7-15(14)19(22)25/h2-3,6-7,12-13,16H,1,4-5,8-11H2,(H,21,23). The van der Waals surface area contributed by atoms with Crippen molar-refractivity contribution in [2.45, 2.75) is 38.1 Å². The molecule has 10 heteroatoms. The van der Waals surface area contributed by atoms with E-state index in [-0.39, 0.29) is 28.5 Å². The normalized spacial score (nSPS) is 27.6. The van der Waals surface area contributed by atoms with Crippen LogP contribution in [0.3, 0.4) is 0 Å². The molecule has 1 saturated heterocycles. The number of hydrogen-bond donors (Lipinski definition) is 1. The van der Waals surface area contributed by atoms with E-state index in [1.165, 1.54) is 12.1 Å². The third-order valence-electron chi connectivity index (χ3n) is 5.92. The van der Waals surface area contributed by atoms with E-state index in [0.29, 0.717) is 30.7 Å². The molecular formula is C20H22N2O7S. The fourth-order valence-electron chi connectivity index (χ4n) is 4.35. The van der Waals surface area contributed by atoms with Crippen molar-refractivity contribution in [3.05, 3.63) is 35.4 Å². The smallest absolute Gasteiger partial charge is 0.337 e. The average Bonchev–Trinajstić information content (AvgIpc) is 3.19. The van der Waals surface area contributed by atoms with Gasteiger partial charge < -0.3 is 10.2 Å². The van der Waals surface area contributed by atoms with Gasteiger partial charge in [0.2, 0.25) is 5.91 Å². The molecule has 4 rings (SSSR count). The summed E-state index contributed by atoms with van der Waals surface area (Å²) < 4.78 is 23.2. The Morgan fingerprint density at radius 3 is 2.13 bits per heavy atom. The second kappa shape index (κ2) is 7.82. The van der Waals surface area contributed by atoms with Crippen molar-refractivity contribution in [3.8, 4) is 0 Å². The highest BCUT2D eigenvalue weighted by molar-refractivity contribution is 7.91. The van der Waals surface area contributed by atoms with Crippen LogP contribution < -0.4 is 5.32 Å². The highest BCUT2D eigenvalue weighted by atomic mass is 32.2. The summed E-state index contributed by atoms with van der Waals surface area (Å²) in [4.78, 5) is 55.6. The van der Waals surface area contributed by atoms with Gasteiger partial charge in [0.05, 0.1) is 34.5 Å². The topological polar surface area (TPSA) is 127 Å². The fourth-order valence-corrected chi connectivity index (χ4v) is 6.02. The van der Waals surface area contributed by atoms with Crippen molar-refractivity contribution in [1.29, 1.82) is 0 Å². The van der Waals surface area contributed by atoms with E-state index in [4.69, 9.17) is 4.84 Å². The summed E-state index contributed by atoms with van der Waals surface area (Å²) in [7, 11) is -3.14. The minimum Gasteiger partial charge on any atom is -0.352 e. The number of carbonyl (C=O) groups is 4. The molecule has 1 N–H and O–H groups in total. The van der Waals surface area contributed by atoms with E-state index in [1.54, 1.807) is 12.1 Å². The van der Waals surface area contributed by atoms with Gasteiger partial charge in [0.1, 0.15) is 0 Å². The molecule has 3 aliphatic rings. The predicted molar refractivity (Wildman–Crippen MR) is 104 cm³/mol. The van der Waals surface area contributed by atoms with Crippen LogP contribution in [0.4, 0.5) is 0 Å². The van der Waals surface area contributed by atoms with Crippen molar-refractivity contribution in [2.24, 2.45) is 11.8 Å². The van der Waals surface area contributed by atoms with E-state index in [2.05, 4.69) is 5.32 Å². The van der Waals surface area contributed by atoms with Gasteiger partial charge in [-0.25, -0.2) is 13.2 Å². The van der Waals surface area contributed by atoms with Gasteiger partial charge in [0.15, 0.2) is 9.84 Å². The molecule has 3 amide bonds. The number of hydroxylamine groups is 2. The van der Waals surface area contributed by atoms with Crippen LogP contribution in [-0.2, 0) is 24.3 Å². The zero-order valence-corrected chi connectivity index (χ0v) is 17.0. The number of nitrogens with one attached hydrogen (secondary N) is 1. The summed E-state index contributed by atoms with van der Waals surface area (Å²) in [6.45, 7) is 0. The molecular weight excluding hydrogens is 412 g/mol. The Bertz CT molecular complexity index is 985. The Morgan fingerprint density at radius 2 is 1.57 bits per heavy atom. The molecule has 2 heterocycles. The molecule has 1 aliphatic carbocycles. The molecule has 0 radical (unpaired) electrons. The summed E-state index contributed by atoms with van der Waals surface area (Å²) in [6, 6.07) is 5.73. The number of imide groups is 1. The molecule has 1 aromatic carbocycles. The van der Waals surface area contributed by atoms with Crippen LogP contribution in [-0.4, -0.2) is 54.7 Å². The largest absolute Gasteiger partial charge is 0.352 e. The molecule has 3 atom stereocenters. The summed E-state index contributed by atoms with van der Waals surface area (Å²) in [5, 5.41) is 3.20. The zero-order chi connectivity index (χ0) is 21.5. The first-order valence-electron chi connectivity index (χ1n) is 9.97. The lowest BCUT2D eigenvalue weighted by Gasteiger charge is -2.30. The SMILES string of the molecule is O=C(NC1CCS(=O)(=O)C1)C1CCCCC1C(=O)ON1C(=O)c2ccccc2C1=O. The third-order valence-corrected chi connectivity index (χ3v) is 7.69. The van der Waals surface area contributed by atoms with Crippen molar-refractivity contribution < 1.29 is 32.4 Å². The van der Waals surface area contributed by atoms with Crippen LogP contribution in [0, 0.1) is 11.8 Å². The number of sulfone groups is 1. The Morgan fingerprint density at radius 1 is 0.967 bits per heavy atom. The maximum atomic E-state index is 12.8. The lowest BCUT2D eigenvalue weighted by atomic mass is 9.78. The minimum absolute atomic E-state index is 0.0355. The van der Waals surface area contributed by atoms with Gasteiger partial charge >= 0.3 is 5.97 Å². The van der Waals surface area contributed by atoms with Crippen molar-refractivity contribution in [3.63, 3.8) is 0 Å². The number of benzene rings is 1. The molecule has 0 bridgehead atoms. The van der Waals surface area contributed by atoms with Crippen LogP contribution in [0.5, 0.6) is 0 Å². The first-order valence-corrected chi connectivity index (χ1v) is 11.8. The van der Waals surface area contributed by atoms with E-state index in [0.717, 1.165) is 6.42 Å². The van der Waals surface area contributed by atoms with Gasteiger partial charge in [0.25, 0.3) is 11.8 Å². The minimum atomic E-state index is -3.14. The van der Waals surface area contributed by atoms with Crippen molar-refractivity contribution >= 4 is 33.5 Å². The summed E-state index contributed by atoms with van der Waals surface area (Å²) >= 11 is 0. The molecule has 2 aliphatic heterocycles. The van der Waals surface area contributed by atoms with Crippen molar-refractivity contribution in [2.75, 3.05) is 11.5 Å². The third kappa shape index (κ3) is 3.83. The van der Waals surface area contributed by atoms with E-state index in [9.17, 15) is 27.6 Å². The fraction of sp³-hybridized carbons (Fsp3) is 0.500. The molecule has 0 aromatic heterocycles. The number of fused-ring (bicyclic) bond motifs is 1. The highest BCUT2D eigenvalue weighted by Gasteiger charge is 2.43. The maximum absolute atomic E-state index is 12.8. The van der Waals surface area contributed by atoms with Crippen LogP contribution in [0.1, 0.15) is 52.8 Å². The Kier molecular flexibility index (Phi) is 5.35. The molecule has 2 fully saturated rings. The van der Waals surface area contributed by atoms with Crippen LogP contribution in [0.25, 0.3) is 0 Å². The van der Waals surface area contributed by atoms with Gasteiger partial charge in [-0.05, 0) is 31.4 Å². The molecule has 30 heavy (non-hydrogen) atoms. The average molecular weight is 434 g/mol. The quantitative estimate of drug-likeness (QED) is 0.696. The summed E-state index contributed by atoms with van der Waals surface area (Å²) in [5.41, 5.74) is 0.325. The van der Waals surface area contributed by atoms with E-state index >= 15 is 0 Å². The second-order valence-electron chi connectivity index (χ2n) is 7.97. The van der Waals surface area contributed by atoms with Crippen LogP contribution in [0.15, 0.2) is 24.3 Å². The molecule has 1 saturated carbocycles. The molecule has 9 nitrogen and oxygen atoms in total. The first-order chi connectivity index (χ1) is 14.3. The Labute approximate surface area is 173 Å². The van der Waals surface area contributed by atoms with Gasteiger partial charge in [-0.3, -0.25) is 14.4 Å². The number of hydrogen-bond acceptors (Lipinski definition) is 7. The predicted octanol–water partition coefficient (Wildman–Crippen LogP) is 0.850. The monoisotopic (exact) mass is 434 g/mol. The van der Waals surface area contributed by atoms with Gasteiger partial charge in [-0.15, -0.1) is 0 Å². The summed E-state index contributed by atoms with van der Waals surface area (Å²) in [6.07, 6.45) is 2.66. The summed E-state index contributed by atoms with van der Waals surface area (Å²) in [5.74, 6) is -4.17. The lowest BCUT2D eigenvalue weighted by molar-refractivity contribution is -0.178. The first kappa shape index (κ1) is 20.5. The van der Waals surface area contributed by atoms with Gasteiger partial charge in [-0.1, -0.05) is 30.0 Å². The lowest BCUT2D eigenvalue weighted by Crippen LogP contribution is -2.46. The van der Waals surface area contributed by atoms with E-state index < -0.39 is 45.5 Å². The van der Waals surface area contributed by atoms with Crippen LogP contribution >= 0.6 is 0 Å². The molecule has 3 unspecified atom stereocenters. The molecule has 0 spiro atoms.